The van der Waals surface area contributed by atoms with Crippen molar-refractivity contribution in [2.45, 2.75) is 98.1 Å². The fourth-order valence-electron chi connectivity index (χ4n) is 2.52. The summed E-state index contributed by atoms with van der Waals surface area (Å²) in [5.74, 6) is 0. The van der Waals surface area contributed by atoms with Crippen molar-refractivity contribution in [2.75, 3.05) is 0 Å². The largest absolute Gasteiger partial charge is 0.491 e. The van der Waals surface area contributed by atoms with Gasteiger partial charge in [-0.25, -0.2) is 0 Å². The van der Waals surface area contributed by atoms with Crippen LogP contribution in [0.5, 0.6) is 0 Å². The number of rotatable bonds is 5. The highest BCUT2D eigenvalue weighted by Gasteiger charge is 2.52. The molecule has 0 spiro atoms. The van der Waals surface area contributed by atoms with Gasteiger partial charge in [0.15, 0.2) is 0 Å². The molecule has 0 aliphatic carbocycles. The zero-order valence-corrected chi connectivity index (χ0v) is 16.6. The Morgan fingerprint density at radius 2 is 1.59 bits per heavy atom. The van der Waals surface area contributed by atoms with Gasteiger partial charge in [0.05, 0.1) is 22.9 Å². The summed E-state index contributed by atoms with van der Waals surface area (Å²) < 4.78 is 18.4. The minimum Gasteiger partial charge on any atom is -0.400 e. The molecule has 1 saturated heterocycles. The number of thiol groups is 1. The summed E-state index contributed by atoms with van der Waals surface area (Å²) in [4.78, 5) is 1.03. The maximum Gasteiger partial charge on any atom is 0.491 e. The maximum absolute atomic E-state index is 6.20. The van der Waals surface area contributed by atoms with Gasteiger partial charge in [-0.3, -0.25) is 0 Å². The Morgan fingerprint density at radius 3 is 1.95 bits per heavy atom. The zero-order chi connectivity index (χ0) is 17.3. The van der Waals surface area contributed by atoms with E-state index >= 15 is 0 Å². The average molecular weight is 328 g/mol. The van der Waals surface area contributed by atoms with Gasteiger partial charge >= 0.3 is 7.12 Å². The first-order chi connectivity index (χ1) is 9.79. The van der Waals surface area contributed by atoms with Crippen molar-refractivity contribution in [1.82, 2.24) is 0 Å². The fourth-order valence-corrected chi connectivity index (χ4v) is 2.71. The number of allylic oxidation sites excluding steroid dienone is 1. The molecule has 3 nitrogen and oxygen atoms in total. The Hall–Kier alpha value is 0.0349. The van der Waals surface area contributed by atoms with E-state index in [1.165, 1.54) is 0 Å². The van der Waals surface area contributed by atoms with Gasteiger partial charge in [0, 0.05) is 0 Å². The van der Waals surface area contributed by atoms with Crippen LogP contribution in [-0.4, -0.2) is 30.0 Å². The lowest BCUT2D eigenvalue weighted by Crippen LogP contribution is -2.41. The van der Waals surface area contributed by atoms with Crippen LogP contribution in [0, 0.1) is 0 Å². The third-order valence-electron chi connectivity index (χ3n) is 4.31. The van der Waals surface area contributed by atoms with Crippen molar-refractivity contribution in [2.24, 2.45) is 0 Å². The van der Waals surface area contributed by atoms with Gasteiger partial charge in [-0.1, -0.05) is 6.92 Å². The van der Waals surface area contributed by atoms with Crippen molar-refractivity contribution in [1.29, 1.82) is 0 Å². The molecule has 1 aliphatic heterocycles. The van der Waals surface area contributed by atoms with E-state index in [9.17, 15) is 0 Å². The van der Waals surface area contributed by atoms with Gasteiger partial charge in [0.1, 0.15) is 0 Å². The fraction of sp³-hybridized carbons (Fsp3) is 0.882. The SMILES string of the molecule is CC/C(S)=C(\CC(C)OC(C)(C)C)B1OC(C)(C)C(C)(C)O1. The summed E-state index contributed by atoms with van der Waals surface area (Å²) in [6, 6.07) is 0. The van der Waals surface area contributed by atoms with Crippen molar-refractivity contribution in [3.63, 3.8) is 0 Å². The molecular weight excluding hydrogens is 295 g/mol. The second-order valence-electron chi connectivity index (χ2n) is 8.16. The van der Waals surface area contributed by atoms with E-state index in [-0.39, 0.29) is 30.0 Å². The van der Waals surface area contributed by atoms with Crippen LogP contribution in [0.25, 0.3) is 0 Å². The van der Waals surface area contributed by atoms with E-state index in [4.69, 9.17) is 14.0 Å². The lowest BCUT2D eigenvalue weighted by atomic mass is 9.74. The van der Waals surface area contributed by atoms with Crippen LogP contribution in [-0.2, 0) is 14.0 Å². The normalized spacial score (nSPS) is 23.5. The summed E-state index contributed by atoms with van der Waals surface area (Å²) in [5.41, 5.74) is 0.266. The van der Waals surface area contributed by atoms with Gasteiger partial charge in [-0.05, 0) is 78.6 Å². The van der Waals surface area contributed by atoms with E-state index in [2.05, 4.69) is 74.9 Å². The van der Waals surface area contributed by atoms with Crippen LogP contribution in [0.2, 0.25) is 0 Å². The van der Waals surface area contributed by atoms with E-state index in [0.717, 1.165) is 23.2 Å². The molecule has 5 heteroatoms. The van der Waals surface area contributed by atoms with Gasteiger partial charge < -0.3 is 14.0 Å². The molecule has 0 aromatic carbocycles. The van der Waals surface area contributed by atoms with Crippen LogP contribution < -0.4 is 0 Å². The summed E-state index contributed by atoms with van der Waals surface area (Å²) in [6.45, 7) is 18.7. The lowest BCUT2D eigenvalue weighted by molar-refractivity contribution is -0.0502. The highest BCUT2D eigenvalue weighted by atomic mass is 32.1. The highest BCUT2D eigenvalue weighted by molar-refractivity contribution is 7.84. The minimum atomic E-state index is -0.344. The van der Waals surface area contributed by atoms with Crippen LogP contribution in [0.15, 0.2) is 10.4 Å². The summed E-state index contributed by atoms with van der Waals surface area (Å²) in [5, 5.41) is 0. The molecule has 1 rings (SSSR count). The molecule has 0 aromatic heterocycles. The first-order valence-corrected chi connectivity index (χ1v) is 8.68. The van der Waals surface area contributed by atoms with Gasteiger partial charge in [0.2, 0.25) is 0 Å². The minimum absolute atomic E-state index is 0.0859. The first kappa shape index (κ1) is 20.1. The Bertz CT molecular complexity index is 408. The Morgan fingerprint density at radius 1 is 1.14 bits per heavy atom. The van der Waals surface area contributed by atoms with Gasteiger partial charge in [0.25, 0.3) is 0 Å². The van der Waals surface area contributed by atoms with Gasteiger partial charge in [-0.15, -0.1) is 12.6 Å². The molecule has 0 bridgehead atoms. The number of ether oxygens (including phenoxy) is 1. The molecule has 1 aliphatic rings. The first-order valence-electron chi connectivity index (χ1n) is 8.23. The predicted molar refractivity (Wildman–Crippen MR) is 97.3 cm³/mol. The molecule has 1 fully saturated rings. The van der Waals surface area contributed by atoms with Crippen molar-refractivity contribution < 1.29 is 14.0 Å². The standard InChI is InChI=1S/C17H33BO3S/c1-10-14(22)13(11-12(2)19-15(3,4)5)18-20-16(6,7)17(8,9)21-18/h12,22H,10-11H2,1-9H3/b14-13-. The Kier molecular flexibility index (Phi) is 6.28. The third kappa shape index (κ3) is 5.02. The summed E-state index contributed by atoms with van der Waals surface area (Å²) >= 11 is 4.66. The predicted octanol–water partition coefficient (Wildman–Crippen LogP) is 4.81. The van der Waals surface area contributed by atoms with Crippen LogP contribution >= 0.6 is 12.6 Å². The molecule has 128 valence electrons. The summed E-state index contributed by atoms with van der Waals surface area (Å²) in [6.07, 6.45) is 1.72. The number of hydrogen-bond donors (Lipinski definition) is 1. The van der Waals surface area contributed by atoms with E-state index in [1.54, 1.807) is 0 Å². The molecule has 1 heterocycles. The number of hydrogen-bond acceptors (Lipinski definition) is 4. The Labute approximate surface area is 142 Å². The van der Waals surface area contributed by atoms with Crippen molar-refractivity contribution in [3.05, 3.63) is 10.4 Å². The van der Waals surface area contributed by atoms with Crippen molar-refractivity contribution in [3.8, 4) is 0 Å². The molecule has 0 amide bonds. The topological polar surface area (TPSA) is 27.7 Å². The van der Waals surface area contributed by atoms with E-state index in [0.29, 0.717) is 0 Å². The molecular formula is C17H33BO3S. The van der Waals surface area contributed by atoms with Crippen LogP contribution in [0.1, 0.15) is 75.2 Å². The second kappa shape index (κ2) is 6.88. The summed E-state index contributed by atoms with van der Waals surface area (Å²) in [7, 11) is -0.344. The highest BCUT2D eigenvalue weighted by Crippen LogP contribution is 2.40. The second-order valence-corrected chi connectivity index (χ2v) is 8.70. The van der Waals surface area contributed by atoms with Crippen LogP contribution in [0.3, 0.4) is 0 Å². The molecule has 0 saturated carbocycles. The monoisotopic (exact) mass is 328 g/mol. The molecule has 0 radical (unpaired) electrons. The smallest absolute Gasteiger partial charge is 0.400 e. The van der Waals surface area contributed by atoms with E-state index in [1.807, 2.05) is 0 Å². The van der Waals surface area contributed by atoms with Crippen LogP contribution in [0.4, 0.5) is 0 Å². The molecule has 0 N–H and O–H groups in total. The lowest BCUT2D eigenvalue weighted by Gasteiger charge is -2.32. The Balaban J connectivity index is 2.94. The zero-order valence-electron chi connectivity index (χ0n) is 15.7. The van der Waals surface area contributed by atoms with Gasteiger partial charge in [-0.2, -0.15) is 0 Å². The van der Waals surface area contributed by atoms with E-state index < -0.39 is 0 Å². The quantitative estimate of drug-likeness (QED) is 0.580. The molecule has 1 atom stereocenters. The molecule has 0 aromatic rings. The molecule has 22 heavy (non-hydrogen) atoms. The molecule has 1 unspecified atom stereocenters. The third-order valence-corrected chi connectivity index (χ3v) is 4.91. The van der Waals surface area contributed by atoms with Crippen molar-refractivity contribution >= 4 is 19.7 Å². The maximum atomic E-state index is 6.20. The average Bonchev–Trinajstić information content (AvgIpc) is 2.52.